The molecule has 1 N–H and O–H groups in total. The Bertz CT molecular complexity index is 411. The summed E-state index contributed by atoms with van der Waals surface area (Å²) in [5.74, 6) is -0.288. The van der Waals surface area contributed by atoms with Gasteiger partial charge in [-0.2, -0.15) is 0 Å². The van der Waals surface area contributed by atoms with Gasteiger partial charge in [0.15, 0.2) is 0 Å². The molecule has 3 nitrogen and oxygen atoms in total. The highest BCUT2D eigenvalue weighted by Crippen LogP contribution is 2.25. The summed E-state index contributed by atoms with van der Waals surface area (Å²) >= 11 is 0. The first-order valence-electron chi connectivity index (χ1n) is 6.50. The molecule has 0 spiro atoms. The minimum Gasteiger partial charge on any atom is -0.392 e. The summed E-state index contributed by atoms with van der Waals surface area (Å²) in [7, 11) is 2.14. The largest absolute Gasteiger partial charge is 0.392 e. The first-order chi connectivity index (χ1) is 8.65. The Kier molecular flexibility index (Phi) is 4.19. The molecule has 100 valence electrons. The van der Waals surface area contributed by atoms with Crippen LogP contribution in [-0.4, -0.2) is 42.7 Å². The Morgan fingerprint density at radius 2 is 2.17 bits per heavy atom. The maximum absolute atomic E-state index is 13.2. The van der Waals surface area contributed by atoms with E-state index in [0.717, 1.165) is 31.7 Å². The molecule has 2 rings (SSSR count). The standard InChI is InChI=1S/C14H21FN2O/c1-3-13-9-17(7-6-16(13)2)14-5-4-12(15)8-11(14)10-18/h4-5,8,13,18H,3,6-7,9-10H2,1-2H3. The molecule has 1 fully saturated rings. The summed E-state index contributed by atoms with van der Waals surface area (Å²) in [6.07, 6.45) is 1.10. The van der Waals surface area contributed by atoms with Gasteiger partial charge in [-0.05, 0) is 31.7 Å². The van der Waals surface area contributed by atoms with Crippen LogP contribution >= 0.6 is 0 Å². The van der Waals surface area contributed by atoms with Crippen LogP contribution in [0.15, 0.2) is 18.2 Å². The van der Waals surface area contributed by atoms with Gasteiger partial charge >= 0.3 is 0 Å². The molecule has 0 amide bonds. The van der Waals surface area contributed by atoms with Gasteiger partial charge in [-0.15, -0.1) is 0 Å². The maximum Gasteiger partial charge on any atom is 0.123 e. The van der Waals surface area contributed by atoms with E-state index >= 15 is 0 Å². The molecule has 18 heavy (non-hydrogen) atoms. The first kappa shape index (κ1) is 13.3. The lowest BCUT2D eigenvalue weighted by atomic mass is 10.1. The molecule has 1 unspecified atom stereocenters. The normalized spacial score (nSPS) is 21.3. The van der Waals surface area contributed by atoms with Crippen molar-refractivity contribution in [1.82, 2.24) is 4.90 Å². The molecule has 0 aromatic heterocycles. The van der Waals surface area contributed by atoms with Crippen molar-refractivity contribution in [1.29, 1.82) is 0 Å². The quantitative estimate of drug-likeness (QED) is 0.889. The van der Waals surface area contributed by atoms with Gasteiger partial charge in [-0.3, -0.25) is 4.90 Å². The minimum absolute atomic E-state index is 0.115. The molecule has 1 heterocycles. The third kappa shape index (κ3) is 2.65. The number of hydrogen-bond acceptors (Lipinski definition) is 3. The van der Waals surface area contributed by atoms with Gasteiger partial charge in [0.2, 0.25) is 0 Å². The van der Waals surface area contributed by atoms with Crippen molar-refractivity contribution in [2.45, 2.75) is 26.0 Å². The van der Waals surface area contributed by atoms with Crippen molar-refractivity contribution in [2.75, 3.05) is 31.6 Å². The average Bonchev–Trinajstić information content (AvgIpc) is 2.39. The molecule has 1 atom stereocenters. The van der Waals surface area contributed by atoms with Gasteiger partial charge in [0.05, 0.1) is 6.61 Å². The monoisotopic (exact) mass is 252 g/mol. The highest BCUT2D eigenvalue weighted by molar-refractivity contribution is 5.54. The molecule has 0 saturated carbocycles. The van der Waals surface area contributed by atoms with Gasteiger partial charge in [-0.25, -0.2) is 4.39 Å². The number of anilines is 1. The Morgan fingerprint density at radius 3 is 2.83 bits per heavy atom. The fourth-order valence-corrected chi connectivity index (χ4v) is 2.59. The SMILES string of the molecule is CCC1CN(c2ccc(F)cc2CO)CCN1C. The highest BCUT2D eigenvalue weighted by Gasteiger charge is 2.24. The van der Waals surface area contributed by atoms with Crippen molar-refractivity contribution < 1.29 is 9.50 Å². The van der Waals surface area contributed by atoms with Crippen molar-refractivity contribution in [3.63, 3.8) is 0 Å². The highest BCUT2D eigenvalue weighted by atomic mass is 19.1. The topological polar surface area (TPSA) is 26.7 Å². The Morgan fingerprint density at radius 1 is 1.39 bits per heavy atom. The van der Waals surface area contributed by atoms with Crippen LogP contribution in [0.5, 0.6) is 0 Å². The van der Waals surface area contributed by atoms with Crippen LogP contribution in [-0.2, 0) is 6.61 Å². The van der Waals surface area contributed by atoms with E-state index in [-0.39, 0.29) is 12.4 Å². The van der Waals surface area contributed by atoms with Crippen molar-refractivity contribution >= 4 is 5.69 Å². The van der Waals surface area contributed by atoms with Gasteiger partial charge in [0, 0.05) is 36.9 Å². The molecule has 1 aliphatic rings. The van der Waals surface area contributed by atoms with Crippen LogP contribution in [0.3, 0.4) is 0 Å². The smallest absolute Gasteiger partial charge is 0.123 e. The fourth-order valence-electron chi connectivity index (χ4n) is 2.59. The van der Waals surface area contributed by atoms with E-state index in [0.29, 0.717) is 11.6 Å². The van der Waals surface area contributed by atoms with E-state index in [4.69, 9.17) is 0 Å². The summed E-state index contributed by atoms with van der Waals surface area (Å²) in [4.78, 5) is 4.61. The molecular weight excluding hydrogens is 231 g/mol. The van der Waals surface area contributed by atoms with Crippen LogP contribution < -0.4 is 4.90 Å². The number of benzene rings is 1. The lowest BCUT2D eigenvalue weighted by Crippen LogP contribution is -2.51. The third-order valence-electron chi connectivity index (χ3n) is 3.80. The van der Waals surface area contributed by atoms with Gasteiger partial charge in [0.25, 0.3) is 0 Å². The second-order valence-electron chi connectivity index (χ2n) is 4.92. The lowest BCUT2D eigenvalue weighted by Gasteiger charge is -2.41. The summed E-state index contributed by atoms with van der Waals surface area (Å²) in [6, 6.07) is 5.19. The van der Waals surface area contributed by atoms with Crippen LogP contribution in [0.25, 0.3) is 0 Å². The first-order valence-corrected chi connectivity index (χ1v) is 6.50. The average molecular weight is 252 g/mol. The number of hydrogen-bond donors (Lipinski definition) is 1. The van der Waals surface area contributed by atoms with Gasteiger partial charge in [-0.1, -0.05) is 6.92 Å². The number of nitrogens with zero attached hydrogens (tertiary/aromatic N) is 2. The predicted octanol–water partition coefficient (Wildman–Crippen LogP) is 1.85. The second kappa shape index (κ2) is 5.67. The molecule has 1 saturated heterocycles. The number of halogens is 1. The van der Waals surface area contributed by atoms with Crippen molar-refractivity contribution in [2.24, 2.45) is 0 Å². The summed E-state index contributed by atoms with van der Waals surface area (Å²) in [6.45, 7) is 4.93. The van der Waals surface area contributed by atoms with E-state index in [2.05, 4.69) is 23.8 Å². The zero-order valence-electron chi connectivity index (χ0n) is 11.1. The summed E-state index contributed by atoms with van der Waals surface area (Å²) in [5, 5.41) is 9.34. The second-order valence-corrected chi connectivity index (χ2v) is 4.92. The molecule has 0 bridgehead atoms. The number of piperazine rings is 1. The molecule has 1 aromatic carbocycles. The van der Waals surface area contributed by atoms with Crippen LogP contribution in [0, 0.1) is 5.82 Å². The van der Waals surface area contributed by atoms with E-state index in [1.165, 1.54) is 12.1 Å². The van der Waals surface area contributed by atoms with Crippen LogP contribution in [0.2, 0.25) is 0 Å². The molecule has 1 aromatic rings. The Balaban J connectivity index is 2.21. The molecule has 1 aliphatic heterocycles. The van der Waals surface area contributed by atoms with E-state index < -0.39 is 0 Å². The van der Waals surface area contributed by atoms with Crippen molar-refractivity contribution in [3.05, 3.63) is 29.6 Å². The van der Waals surface area contributed by atoms with Crippen LogP contribution in [0.1, 0.15) is 18.9 Å². The van der Waals surface area contributed by atoms with Crippen LogP contribution in [0.4, 0.5) is 10.1 Å². The zero-order chi connectivity index (χ0) is 13.1. The number of likely N-dealkylation sites (N-methyl/N-ethyl adjacent to an activating group) is 1. The Labute approximate surface area is 108 Å². The van der Waals surface area contributed by atoms with E-state index in [9.17, 15) is 9.50 Å². The number of aliphatic hydroxyl groups excluding tert-OH is 1. The van der Waals surface area contributed by atoms with E-state index in [1.54, 1.807) is 6.07 Å². The molecular formula is C14H21FN2O. The van der Waals surface area contributed by atoms with Crippen molar-refractivity contribution in [3.8, 4) is 0 Å². The predicted molar refractivity (Wildman–Crippen MR) is 71.2 cm³/mol. The molecule has 4 heteroatoms. The minimum atomic E-state index is -0.288. The third-order valence-corrected chi connectivity index (χ3v) is 3.80. The molecule has 0 radical (unpaired) electrons. The molecule has 0 aliphatic carbocycles. The zero-order valence-corrected chi connectivity index (χ0v) is 11.1. The maximum atomic E-state index is 13.2. The Hall–Kier alpha value is -1.13. The van der Waals surface area contributed by atoms with Gasteiger partial charge in [0.1, 0.15) is 5.82 Å². The lowest BCUT2D eigenvalue weighted by molar-refractivity contribution is 0.212. The van der Waals surface area contributed by atoms with E-state index in [1.807, 2.05) is 0 Å². The number of aliphatic hydroxyl groups is 1. The fraction of sp³-hybridized carbons (Fsp3) is 0.571. The summed E-state index contributed by atoms with van der Waals surface area (Å²) < 4.78 is 13.2. The van der Waals surface area contributed by atoms with Gasteiger partial charge < -0.3 is 10.0 Å². The number of rotatable bonds is 3. The summed E-state index contributed by atoms with van der Waals surface area (Å²) in [5.41, 5.74) is 1.64.